The molecule has 0 fully saturated rings. The van der Waals surface area contributed by atoms with Gasteiger partial charge in [-0.1, -0.05) is 0 Å². The largest absolute Gasteiger partial charge is 0.396 e. The second-order valence-corrected chi connectivity index (χ2v) is 3.18. The zero-order chi connectivity index (χ0) is 8.72. The number of nitrogens with two attached hydrogens (primary N) is 1. The summed E-state index contributed by atoms with van der Waals surface area (Å²) in [7, 11) is 0. The van der Waals surface area contributed by atoms with E-state index in [9.17, 15) is 4.39 Å². The van der Waals surface area contributed by atoms with Gasteiger partial charge in [0.1, 0.15) is 0 Å². The zero-order valence-corrected chi connectivity index (χ0v) is 7.55. The lowest BCUT2D eigenvalue weighted by Gasteiger charge is -1.98. The third-order valence-corrected chi connectivity index (χ3v) is 2.21. The number of halogens is 2. The van der Waals surface area contributed by atoms with Gasteiger partial charge in [-0.2, -0.15) is 9.37 Å². The molecule has 0 atom stereocenters. The minimum absolute atomic E-state index is 0.432. The second-order valence-electron chi connectivity index (χ2n) is 2.37. The summed E-state index contributed by atoms with van der Waals surface area (Å²) in [5.41, 5.74) is 6.46. The van der Waals surface area contributed by atoms with Gasteiger partial charge in [0.05, 0.1) is 16.5 Å². The van der Waals surface area contributed by atoms with Crippen LogP contribution in [-0.2, 0) is 0 Å². The van der Waals surface area contributed by atoms with Crippen molar-refractivity contribution in [2.24, 2.45) is 0 Å². The van der Waals surface area contributed by atoms with Gasteiger partial charge in [0, 0.05) is 0 Å². The fraction of sp³-hybridized carbons (Fsp3) is 0. The molecule has 0 aliphatic rings. The molecule has 0 bridgehead atoms. The zero-order valence-electron chi connectivity index (χ0n) is 5.96. The summed E-state index contributed by atoms with van der Waals surface area (Å²) < 4.78 is 14.9. The lowest BCUT2D eigenvalue weighted by atomic mass is 10.4. The summed E-state index contributed by atoms with van der Waals surface area (Å²) in [4.78, 5) is 3.61. The van der Waals surface area contributed by atoms with Crippen LogP contribution >= 0.6 is 15.9 Å². The van der Waals surface area contributed by atoms with Crippen LogP contribution in [0, 0.1) is 5.95 Å². The number of imidazole rings is 1. The number of nitrogens with zero attached hydrogens (tertiary/aromatic N) is 2. The first-order valence-corrected chi connectivity index (χ1v) is 4.06. The van der Waals surface area contributed by atoms with Gasteiger partial charge in [-0.05, 0) is 28.1 Å². The highest BCUT2D eigenvalue weighted by Crippen LogP contribution is 2.18. The second kappa shape index (κ2) is 2.45. The standard InChI is InChI=1S/C7H5BrFN3/c8-5-2-1-4(10)7-11-6(9)3-12(5)7/h1-3H,10H2. The lowest BCUT2D eigenvalue weighted by molar-refractivity contribution is 0.592. The van der Waals surface area contributed by atoms with Crippen LogP contribution in [0.3, 0.4) is 0 Å². The molecular formula is C7H5BrFN3. The minimum Gasteiger partial charge on any atom is -0.396 e. The van der Waals surface area contributed by atoms with Crippen molar-refractivity contribution in [3.63, 3.8) is 0 Å². The molecule has 3 nitrogen and oxygen atoms in total. The first-order chi connectivity index (χ1) is 5.68. The summed E-state index contributed by atoms with van der Waals surface area (Å²) >= 11 is 3.25. The Kier molecular flexibility index (Phi) is 1.54. The normalized spacial score (nSPS) is 10.8. The van der Waals surface area contributed by atoms with Crippen molar-refractivity contribution >= 4 is 27.3 Å². The molecule has 62 valence electrons. The summed E-state index contributed by atoms with van der Waals surface area (Å²) in [6, 6.07) is 3.41. The topological polar surface area (TPSA) is 43.3 Å². The number of anilines is 1. The summed E-state index contributed by atoms with van der Waals surface area (Å²) in [5.74, 6) is -0.534. The highest BCUT2D eigenvalue weighted by molar-refractivity contribution is 9.10. The van der Waals surface area contributed by atoms with E-state index in [0.717, 1.165) is 4.60 Å². The smallest absolute Gasteiger partial charge is 0.231 e. The molecule has 0 aliphatic heterocycles. The van der Waals surface area contributed by atoms with Crippen LogP contribution < -0.4 is 5.73 Å². The average molecular weight is 230 g/mol. The summed E-state index contributed by atoms with van der Waals surface area (Å²) in [6.45, 7) is 0. The Bertz CT molecular complexity index is 398. The van der Waals surface area contributed by atoms with Crippen molar-refractivity contribution in [1.29, 1.82) is 0 Å². The highest BCUT2D eigenvalue weighted by Gasteiger charge is 2.05. The van der Waals surface area contributed by atoms with Crippen molar-refractivity contribution in [3.05, 3.63) is 28.9 Å². The highest BCUT2D eigenvalue weighted by atomic mass is 79.9. The van der Waals surface area contributed by atoms with E-state index in [-0.39, 0.29) is 0 Å². The molecule has 2 aromatic rings. The van der Waals surface area contributed by atoms with E-state index >= 15 is 0 Å². The minimum atomic E-state index is -0.534. The summed E-state index contributed by atoms with van der Waals surface area (Å²) in [6.07, 6.45) is 1.27. The lowest BCUT2D eigenvalue weighted by Crippen LogP contribution is -1.92. The van der Waals surface area contributed by atoms with Crippen molar-refractivity contribution in [2.75, 3.05) is 5.73 Å². The van der Waals surface area contributed by atoms with Crippen molar-refractivity contribution in [1.82, 2.24) is 9.38 Å². The predicted octanol–water partition coefficient (Wildman–Crippen LogP) is 1.82. The molecule has 12 heavy (non-hydrogen) atoms. The number of pyridine rings is 1. The van der Waals surface area contributed by atoms with Crippen LogP contribution in [0.1, 0.15) is 0 Å². The fourth-order valence-corrected chi connectivity index (χ4v) is 1.43. The number of nitrogen functional groups attached to an aromatic ring is 1. The van der Waals surface area contributed by atoms with Gasteiger partial charge in [-0.25, -0.2) is 0 Å². The molecule has 2 heterocycles. The molecule has 5 heteroatoms. The van der Waals surface area contributed by atoms with E-state index < -0.39 is 5.95 Å². The van der Waals surface area contributed by atoms with Crippen LogP contribution in [0.5, 0.6) is 0 Å². The molecule has 0 saturated heterocycles. The Morgan fingerprint density at radius 3 is 2.92 bits per heavy atom. The van der Waals surface area contributed by atoms with Gasteiger partial charge < -0.3 is 5.73 Å². The van der Waals surface area contributed by atoms with E-state index in [1.165, 1.54) is 6.20 Å². The van der Waals surface area contributed by atoms with E-state index in [1.807, 2.05) is 0 Å². The van der Waals surface area contributed by atoms with Gasteiger partial charge in [-0.15, -0.1) is 0 Å². The maximum Gasteiger partial charge on any atom is 0.231 e. The number of hydrogen-bond donors (Lipinski definition) is 1. The Balaban J connectivity index is 2.93. The predicted molar refractivity (Wildman–Crippen MR) is 47.3 cm³/mol. The Labute approximate surface area is 76.1 Å². The van der Waals surface area contributed by atoms with Gasteiger partial charge >= 0.3 is 0 Å². The van der Waals surface area contributed by atoms with Gasteiger partial charge in [0.15, 0.2) is 5.65 Å². The van der Waals surface area contributed by atoms with Crippen LogP contribution in [0.2, 0.25) is 0 Å². The number of fused-ring (bicyclic) bond motifs is 1. The van der Waals surface area contributed by atoms with Crippen LogP contribution in [0.4, 0.5) is 10.1 Å². The molecule has 2 N–H and O–H groups in total. The third kappa shape index (κ3) is 0.972. The quantitative estimate of drug-likeness (QED) is 0.701. The van der Waals surface area contributed by atoms with Crippen molar-refractivity contribution in [3.8, 4) is 0 Å². The van der Waals surface area contributed by atoms with E-state index in [4.69, 9.17) is 5.73 Å². The molecule has 2 aromatic heterocycles. The number of aromatic nitrogens is 2. The van der Waals surface area contributed by atoms with Gasteiger partial charge in [0.25, 0.3) is 0 Å². The molecule has 2 rings (SSSR count). The fourth-order valence-electron chi connectivity index (χ4n) is 1.03. The van der Waals surface area contributed by atoms with Crippen molar-refractivity contribution < 1.29 is 4.39 Å². The molecule has 0 unspecified atom stereocenters. The monoisotopic (exact) mass is 229 g/mol. The molecule has 0 radical (unpaired) electrons. The van der Waals surface area contributed by atoms with E-state index in [0.29, 0.717) is 11.3 Å². The van der Waals surface area contributed by atoms with Gasteiger partial charge in [0.2, 0.25) is 5.95 Å². The van der Waals surface area contributed by atoms with Gasteiger partial charge in [-0.3, -0.25) is 4.40 Å². The molecular weight excluding hydrogens is 225 g/mol. The Hall–Kier alpha value is -1.10. The van der Waals surface area contributed by atoms with E-state index in [2.05, 4.69) is 20.9 Å². The average Bonchev–Trinajstić information content (AvgIpc) is 2.41. The molecule has 0 saturated carbocycles. The van der Waals surface area contributed by atoms with Crippen molar-refractivity contribution in [2.45, 2.75) is 0 Å². The first-order valence-electron chi connectivity index (χ1n) is 3.27. The molecule has 0 aliphatic carbocycles. The van der Waals surface area contributed by atoms with Crippen LogP contribution in [0.25, 0.3) is 5.65 Å². The first kappa shape index (κ1) is 7.54. The maximum absolute atomic E-state index is 12.7. The molecule has 0 aromatic carbocycles. The van der Waals surface area contributed by atoms with Crippen LogP contribution in [0.15, 0.2) is 22.9 Å². The maximum atomic E-state index is 12.7. The molecule has 0 amide bonds. The summed E-state index contributed by atoms with van der Waals surface area (Å²) in [5, 5.41) is 0. The number of hydrogen-bond acceptors (Lipinski definition) is 2. The Morgan fingerprint density at radius 2 is 2.25 bits per heavy atom. The van der Waals surface area contributed by atoms with E-state index in [1.54, 1.807) is 16.5 Å². The Morgan fingerprint density at radius 1 is 1.50 bits per heavy atom. The number of rotatable bonds is 0. The SMILES string of the molecule is Nc1ccc(Br)n2cc(F)nc12. The molecule has 0 spiro atoms. The third-order valence-electron chi connectivity index (χ3n) is 1.57. The van der Waals surface area contributed by atoms with Crippen LogP contribution in [-0.4, -0.2) is 9.38 Å².